The Labute approximate surface area is 171 Å². The molecule has 0 aromatic heterocycles. The number of carbonyl (C=O) groups is 1. The quantitative estimate of drug-likeness (QED) is 0.448. The molecule has 2 saturated heterocycles. The van der Waals surface area contributed by atoms with Crippen molar-refractivity contribution in [2.45, 2.75) is 50.7 Å². The molecule has 2 heterocycles. The van der Waals surface area contributed by atoms with Crippen molar-refractivity contribution in [2.75, 3.05) is 7.05 Å². The molecular formula is C23H27N3O3. The van der Waals surface area contributed by atoms with Gasteiger partial charge in [0.1, 0.15) is 6.61 Å². The fraction of sp³-hybridized carbons (Fsp3) is 0.391. The highest BCUT2D eigenvalue weighted by molar-refractivity contribution is 5.89. The van der Waals surface area contributed by atoms with Crippen molar-refractivity contribution in [2.24, 2.45) is 4.99 Å². The van der Waals surface area contributed by atoms with Crippen LogP contribution in [0.5, 0.6) is 0 Å². The lowest BCUT2D eigenvalue weighted by Crippen LogP contribution is -2.47. The summed E-state index contributed by atoms with van der Waals surface area (Å²) >= 11 is 0. The van der Waals surface area contributed by atoms with Gasteiger partial charge in [-0.1, -0.05) is 42.5 Å². The van der Waals surface area contributed by atoms with Crippen LogP contribution in [0, 0.1) is 0 Å². The van der Waals surface area contributed by atoms with Crippen LogP contribution in [-0.4, -0.2) is 37.2 Å². The Bertz CT molecular complexity index is 869. The number of guanidine groups is 1. The molecule has 2 aliphatic heterocycles. The van der Waals surface area contributed by atoms with Crippen LogP contribution in [0.1, 0.15) is 40.7 Å². The molecule has 152 valence electrons. The van der Waals surface area contributed by atoms with Crippen LogP contribution in [0.15, 0.2) is 59.6 Å². The van der Waals surface area contributed by atoms with Crippen molar-refractivity contribution in [3.8, 4) is 0 Å². The monoisotopic (exact) mass is 393 g/mol. The number of hydrogen-bond acceptors (Lipinski definition) is 4. The Kier molecular flexibility index (Phi) is 6.10. The highest BCUT2D eigenvalue weighted by Crippen LogP contribution is 2.34. The molecule has 2 N–H and O–H groups in total. The maximum atomic E-state index is 12.4. The van der Waals surface area contributed by atoms with E-state index in [1.54, 1.807) is 13.1 Å². The zero-order valence-corrected chi connectivity index (χ0v) is 16.6. The Morgan fingerprint density at radius 2 is 1.97 bits per heavy atom. The third-order valence-corrected chi connectivity index (χ3v) is 5.49. The van der Waals surface area contributed by atoms with E-state index in [4.69, 9.17) is 9.47 Å². The van der Waals surface area contributed by atoms with Gasteiger partial charge in [0.2, 0.25) is 0 Å². The Hall–Kier alpha value is -2.86. The van der Waals surface area contributed by atoms with Gasteiger partial charge in [-0.3, -0.25) is 4.99 Å². The van der Waals surface area contributed by atoms with Crippen LogP contribution in [0.4, 0.5) is 0 Å². The highest BCUT2D eigenvalue weighted by Gasteiger charge is 2.41. The van der Waals surface area contributed by atoms with E-state index in [-0.39, 0.29) is 12.6 Å². The van der Waals surface area contributed by atoms with Crippen LogP contribution in [0.2, 0.25) is 0 Å². The minimum atomic E-state index is -0.322. The molecule has 6 heteroatoms. The predicted octanol–water partition coefficient (Wildman–Crippen LogP) is 3.03. The molecule has 4 rings (SSSR count). The summed E-state index contributed by atoms with van der Waals surface area (Å²) in [6, 6.07) is 17.5. The second-order valence-corrected chi connectivity index (χ2v) is 7.55. The average molecular weight is 393 g/mol. The zero-order chi connectivity index (χ0) is 20.1. The van der Waals surface area contributed by atoms with Crippen LogP contribution in [-0.2, 0) is 22.6 Å². The molecule has 2 bridgehead atoms. The van der Waals surface area contributed by atoms with Gasteiger partial charge in [-0.25, -0.2) is 4.79 Å². The molecule has 29 heavy (non-hydrogen) atoms. The number of fused-ring (bicyclic) bond motifs is 2. The van der Waals surface area contributed by atoms with Gasteiger partial charge in [0, 0.05) is 13.6 Å². The van der Waals surface area contributed by atoms with Gasteiger partial charge in [-0.05, 0) is 42.5 Å². The largest absolute Gasteiger partial charge is 0.457 e. The minimum Gasteiger partial charge on any atom is -0.457 e. The number of aliphatic imine (C=N–C) groups is 1. The summed E-state index contributed by atoms with van der Waals surface area (Å²) in [7, 11) is 1.76. The first kappa shape index (κ1) is 19.5. The van der Waals surface area contributed by atoms with Crippen molar-refractivity contribution in [1.82, 2.24) is 10.6 Å². The molecule has 6 nitrogen and oxygen atoms in total. The maximum Gasteiger partial charge on any atom is 0.338 e. The Balaban J connectivity index is 1.29. The summed E-state index contributed by atoms with van der Waals surface area (Å²) in [5.74, 6) is 0.431. The van der Waals surface area contributed by atoms with Gasteiger partial charge in [-0.2, -0.15) is 0 Å². The summed E-state index contributed by atoms with van der Waals surface area (Å²) in [6.07, 6.45) is 4.01. The minimum absolute atomic E-state index is 0.268. The van der Waals surface area contributed by atoms with Gasteiger partial charge in [0.05, 0.1) is 23.8 Å². The first-order valence-corrected chi connectivity index (χ1v) is 10.1. The predicted molar refractivity (Wildman–Crippen MR) is 112 cm³/mol. The summed E-state index contributed by atoms with van der Waals surface area (Å²) in [6.45, 7) is 0.839. The smallest absolute Gasteiger partial charge is 0.338 e. The average Bonchev–Trinajstić information content (AvgIpc) is 3.39. The number of nitrogens with one attached hydrogen (secondary N) is 2. The summed E-state index contributed by atoms with van der Waals surface area (Å²) in [4.78, 5) is 16.7. The lowest BCUT2D eigenvalue weighted by atomic mass is 9.96. The molecule has 2 aromatic carbocycles. The second kappa shape index (κ2) is 9.09. The first-order valence-electron chi connectivity index (χ1n) is 10.1. The molecule has 0 spiro atoms. The molecule has 0 aliphatic carbocycles. The Morgan fingerprint density at radius 1 is 1.14 bits per heavy atom. The fourth-order valence-corrected chi connectivity index (χ4v) is 3.96. The van der Waals surface area contributed by atoms with E-state index in [1.165, 1.54) is 6.42 Å². The number of ether oxygens (including phenoxy) is 2. The lowest BCUT2D eigenvalue weighted by Gasteiger charge is -2.22. The maximum absolute atomic E-state index is 12.4. The van der Waals surface area contributed by atoms with Crippen molar-refractivity contribution in [3.05, 3.63) is 71.3 Å². The van der Waals surface area contributed by atoms with Crippen molar-refractivity contribution >= 4 is 11.9 Å². The third kappa shape index (κ3) is 4.95. The molecule has 2 aromatic rings. The summed E-state index contributed by atoms with van der Waals surface area (Å²) in [5, 5.41) is 6.79. The molecular weight excluding hydrogens is 366 g/mol. The van der Waals surface area contributed by atoms with Gasteiger partial charge in [0.25, 0.3) is 0 Å². The molecule has 3 atom stereocenters. The van der Waals surface area contributed by atoms with Crippen LogP contribution in [0.25, 0.3) is 0 Å². The Morgan fingerprint density at radius 3 is 2.69 bits per heavy atom. The van der Waals surface area contributed by atoms with E-state index in [9.17, 15) is 4.79 Å². The second-order valence-electron chi connectivity index (χ2n) is 7.55. The van der Waals surface area contributed by atoms with Gasteiger partial charge in [-0.15, -0.1) is 0 Å². The SMILES string of the molecule is CN=C(NCc1cccc(C(=O)OCc2ccccc2)c1)NC1CC2CCC1O2. The van der Waals surface area contributed by atoms with Crippen LogP contribution >= 0.6 is 0 Å². The topological polar surface area (TPSA) is 72.0 Å². The van der Waals surface area contributed by atoms with Crippen molar-refractivity contribution in [1.29, 1.82) is 0 Å². The van der Waals surface area contributed by atoms with Crippen LogP contribution < -0.4 is 10.6 Å². The van der Waals surface area contributed by atoms with Crippen molar-refractivity contribution in [3.63, 3.8) is 0 Å². The van der Waals surface area contributed by atoms with E-state index in [2.05, 4.69) is 15.6 Å². The van der Waals surface area contributed by atoms with Gasteiger partial charge in [0.15, 0.2) is 5.96 Å². The van der Waals surface area contributed by atoms with E-state index in [0.29, 0.717) is 30.4 Å². The number of nitrogens with zero attached hydrogens (tertiary/aromatic N) is 1. The molecule has 3 unspecified atom stereocenters. The number of rotatable bonds is 6. The van der Waals surface area contributed by atoms with Gasteiger partial charge < -0.3 is 20.1 Å². The molecule has 0 amide bonds. The number of hydrogen-bond donors (Lipinski definition) is 2. The number of esters is 1. The van der Waals surface area contributed by atoms with E-state index >= 15 is 0 Å². The van der Waals surface area contributed by atoms with E-state index in [0.717, 1.165) is 29.9 Å². The van der Waals surface area contributed by atoms with Gasteiger partial charge >= 0.3 is 5.97 Å². The number of carbonyl (C=O) groups excluding carboxylic acids is 1. The zero-order valence-electron chi connectivity index (χ0n) is 16.6. The standard InChI is InChI=1S/C23H27N3O3/c1-24-23(26-20-13-19-10-11-21(20)29-19)25-14-17-8-5-9-18(12-17)22(27)28-15-16-6-3-2-4-7-16/h2-9,12,19-21H,10-11,13-15H2,1H3,(H2,24,25,26). The first-order chi connectivity index (χ1) is 14.2. The molecule has 0 saturated carbocycles. The number of benzene rings is 2. The lowest BCUT2D eigenvalue weighted by molar-refractivity contribution is 0.0472. The summed E-state index contributed by atoms with van der Waals surface area (Å²) in [5.41, 5.74) is 2.51. The van der Waals surface area contributed by atoms with E-state index in [1.807, 2.05) is 48.5 Å². The van der Waals surface area contributed by atoms with Crippen molar-refractivity contribution < 1.29 is 14.3 Å². The summed E-state index contributed by atoms with van der Waals surface area (Å²) < 4.78 is 11.3. The van der Waals surface area contributed by atoms with E-state index < -0.39 is 0 Å². The highest BCUT2D eigenvalue weighted by atomic mass is 16.5. The fourth-order valence-electron chi connectivity index (χ4n) is 3.96. The van der Waals surface area contributed by atoms with Crippen LogP contribution in [0.3, 0.4) is 0 Å². The normalized spacial score (nSPS) is 23.1. The molecule has 0 radical (unpaired) electrons. The molecule has 2 aliphatic rings. The molecule has 2 fully saturated rings. The third-order valence-electron chi connectivity index (χ3n) is 5.49.